The Balaban J connectivity index is 1.89. The van der Waals surface area contributed by atoms with E-state index >= 15 is 0 Å². The lowest BCUT2D eigenvalue weighted by Crippen LogP contribution is -1.80. The van der Waals surface area contributed by atoms with Gasteiger partial charge >= 0.3 is 0 Å². The number of thiophene rings is 2. The monoisotopic (exact) mass is 343 g/mol. The molecule has 0 aliphatic rings. The Bertz CT molecular complexity index is 988. The maximum absolute atomic E-state index is 9.01. The van der Waals surface area contributed by atoms with Gasteiger partial charge in [-0.05, 0) is 40.8 Å². The molecule has 0 saturated carbocycles. The number of nitriles is 1. The van der Waals surface area contributed by atoms with Gasteiger partial charge in [-0.25, -0.2) is 0 Å². The van der Waals surface area contributed by atoms with Crippen molar-refractivity contribution in [3.63, 3.8) is 0 Å². The third kappa shape index (κ3) is 2.78. The normalized spacial score (nSPS) is 10.5. The highest BCUT2D eigenvalue weighted by Gasteiger charge is 2.14. The summed E-state index contributed by atoms with van der Waals surface area (Å²) in [4.78, 5) is 3.84. The lowest BCUT2D eigenvalue weighted by atomic mass is 10.0. The Kier molecular flexibility index (Phi) is 4.00. The standard InChI is InChI=1S/C21H13NS2/c22-14-15-8-10-16(11-9-15)18-13-20(19-7-4-12-23-19)24-21(18)17-5-2-1-3-6-17/h1-13H. The van der Waals surface area contributed by atoms with Crippen molar-refractivity contribution in [1.29, 1.82) is 5.26 Å². The van der Waals surface area contributed by atoms with Gasteiger partial charge in [-0.15, -0.1) is 22.7 Å². The van der Waals surface area contributed by atoms with Gasteiger partial charge in [-0.3, -0.25) is 0 Å². The van der Waals surface area contributed by atoms with Gasteiger partial charge in [0.2, 0.25) is 0 Å². The zero-order valence-electron chi connectivity index (χ0n) is 12.8. The summed E-state index contributed by atoms with van der Waals surface area (Å²) in [6.45, 7) is 0. The minimum absolute atomic E-state index is 0.689. The molecule has 3 heteroatoms. The van der Waals surface area contributed by atoms with E-state index in [1.54, 1.807) is 11.3 Å². The van der Waals surface area contributed by atoms with E-state index in [9.17, 15) is 0 Å². The van der Waals surface area contributed by atoms with Crippen LogP contribution in [-0.4, -0.2) is 0 Å². The Hall–Kier alpha value is -2.67. The van der Waals surface area contributed by atoms with Gasteiger partial charge in [0.25, 0.3) is 0 Å². The molecule has 0 radical (unpaired) electrons. The highest BCUT2D eigenvalue weighted by Crippen LogP contribution is 2.44. The predicted molar refractivity (Wildman–Crippen MR) is 103 cm³/mol. The molecule has 0 aliphatic heterocycles. The lowest BCUT2D eigenvalue weighted by molar-refractivity contribution is 1.48. The van der Waals surface area contributed by atoms with Gasteiger partial charge < -0.3 is 0 Å². The molecule has 2 aromatic carbocycles. The molecule has 24 heavy (non-hydrogen) atoms. The third-order valence-electron chi connectivity index (χ3n) is 3.86. The van der Waals surface area contributed by atoms with Crippen LogP contribution in [0.25, 0.3) is 31.3 Å². The maximum atomic E-state index is 9.01. The largest absolute Gasteiger partial charge is 0.192 e. The molecule has 0 saturated heterocycles. The molecule has 0 fully saturated rings. The zero-order chi connectivity index (χ0) is 16.4. The highest BCUT2D eigenvalue weighted by atomic mass is 32.1. The molecule has 4 aromatic rings. The molecule has 114 valence electrons. The summed E-state index contributed by atoms with van der Waals surface area (Å²) in [5, 5.41) is 11.1. The number of hydrogen-bond donors (Lipinski definition) is 0. The van der Waals surface area contributed by atoms with E-state index in [0.29, 0.717) is 5.56 Å². The fourth-order valence-electron chi connectivity index (χ4n) is 2.67. The first-order chi connectivity index (χ1) is 11.8. The van der Waals surface area contributed by atoms with E-state index in [2.05, 4.69) is 53.9 Å². The molecule has 0 aliphatic carbocycles. The van der Waals surface area contributed by atoms with Crippen molar-refractivity contribution in [2.24, 2.45) is 0 Å². The summed E-state index contributed by atoms with van der Waals surface area (Å²) in [5.41, 5.74) is 4.28. The minimum Gasteiger partial charge on any atom is -0.192 e. The summed E-state index contributed by atoms with van der Waals surface area (Å²) < 4.78 is 0. The van der Waals surface area contributed by atoms with Gasteiger partial charge in [0.1, 0.15) is 0 Å². The van der Waals surface area contributed by atoms with E-state index in [1.165, 1.54) is 25.8 Å². The lowest BCUT2D eigenvalue weighted by Gasteiger charge is -2.04. The van der Waals surface area contributed by atoms with E-state index in [1.807, 2.05) is 41.7 Å². The molecule has 4 rings (SSSR count). The van der Waals surface area contributed by atoms with Crippen molar-refractivity contribution in [3.05, 3.63) is 83.7 Å². The first-order valence-corrected chi connectivity index (χ1v) is 9.28. The van der Waals surface area contributed by atoms with E-state index in [-0.39, 0.29) is 0 Å². The molecule has 2 heterocycles. The van der Waals surface area contributed by atoms with E-state index in [0.717, 1.165) is 5.56 Å². The second-order valence-electron chi connectivity index (χ2n) is 5.39. The Labute approximate surface area is 149 Å². The molecule has 2 aromatic heterocycles. The van der Waals surface area contributed by atoms with Crippen molar-refractivity contribution in [2.45, 2.75) is 0 Å². The van der Waals surface area contributed by atoms with Crippen molar-refractivity contribution < 1.29 is 0 Å². The summed E-state index contributed by atoms with van der Waals surface area (Å²) in [5.74, 6) is 0. The van der Waals surface area contributed by atoms with Crippen LogP contribution in [-0.2, 0) is 0 Å². The summed E-state index contributed by atoms with van der Waals surface area (Å²) in [6, 6.07) is 27.0. The summed E-state index contributed by atoms with van der Waals surface area (Å²) >= 11 is 3.58. The van der Waals surface area contributed by atoms with Crippen LogP contribution in [0.4, 0.5) is 0 Å². The molecule has 0 spiro atoms. The van der Waals surface area contributed by atoms with Crippen LogP contribution < -0.4 is 0 Å². The highest BCUT2D eigenvalue weighted by molar-refractivity contribution is 7.23. The average Bonchev–Trinajstić information content (AvgIpc) is 3.32. The Morgan fingerprint density at radius 2 is 1.54 bits per heavy atom. The first kappa shape index (κ1) is 14.9. The first-order valence-electron chi connectivity index (χ1n) is 7.59. The zero-order valence-corrected chi connectivity index (χ0v) is 14.4. The molecule has 0 amide bonds. The SMILES string of the molecule is N#Cc1ccc(-c2cc(-c3cccs3)sc2-c2ccccc2)cc1. The summed E-state index contributed by atoms with van der Waals surface area (Å²) in [7, 11) is 0. The number of hydrogen-bond acceptors (Lipinski definition) is 3. The van der Waals surface area contributed by atoms with Crippen LogP contribution in [0.5, 0.6) is 0 Å². The number of benzene rings is 2. The second-order valence-corrected chi connectivity index (χ2v) is 7.39. The van der Waals surface area contributed by atoms with Crippen molar-refractivity contribution in [2.75, 3.05) is 0 Å². The fourth-order valence-corrected chi connectivity index (χ4v) is 4.69. The van der Waals surface area contributed by atoms with Crippen LogP contribution in [0.1, 0.15) is 5.56 Å². The molecule has 0 atom stereocenters. The number of nitrogens with zero attached hydrogens (tertiary/aromatic N) is 1. The van der Waals surface area contributed by atoms with Crippen LogP contribution in [0.3, 0.4) is 0 Å². The molecule has 1 nitrogen and oxygen atoms in total. The quantitative estimate of drug-likeness (QED) is 0.407. The second kappa shape index (κ2) is 6.45. The maximum Gasteiger partial charge on any atom is 0.0991 e. The van der Waals surface area contributed by atoms with Crippen LogP contribution in [0.2, 0.25) is 0 Å². The van der Waals surface area contributed by atoms with Gasteiger partial charge in [-0.1, -0.05) is 48.5 Å². The Morgan fingerprint density at radius 3 is 2.21 bits per heavy atom. The van der Waals surface area contributed by atoms with Gasteiger partial charge in [-0.2, -0.15) is 5.26 Å². The van der Waals surface area contributed by atoms with Crippen LogP contribution in [0, 0.1) is 11.3 Å². The van der Waals surface area contributed by atoms with Crippen LogP contribution >= 0.6 is 22.7 Å². The van der Waals surface area contributed by atoms with Gasteiger partial charge in [0.05, 0.1) is 11.6 Å². The smallest absolute Gasteiger partial charge is 0.0991 e. The average molecular weight is 343 g/mol. The van der Waals surface area contributed by atoms with E-state index in [4.69, 9.17) is 5.26 Å². The minimum atomic E-state index is 0.689. The topological polar surface area (TPSA) is 23.8 Å². The van der Waals surface area contributed by atoms with Crippen LogP contribution in [0.15, 0.2) is 78.2 Å². The van der Waals surface area contributed by atoms with Gasteiger partial charge in [0.15, 0.2) is 0 Å². The molecular weight excluding hydrogens is 330 g/mol. The molecule has 0 N–H and O–H groups in total. The Morgan fingerprint density at radius 1 is 0.750 bits per heavy atom. The fraction of sp³-hybridized carbons (Fsp3) is 0. The number of rotatable bonds is 3. The molecule has 0 bridgehead atoms. The van der Waals surface area contributed by atoms with Crippen molar-refractivity contribution in [1.82, 2.24) is 0 Å². The predicted octanol–water partition coefficient (Wildman–Crippen LogP) is 6.68. The van der Waals surface area contributed by atoms with Crippen molar-refractivity contribution >= 4 is 22.7 Å². The molecular formula is C21H13NS2. The summed E-state index contributed by atoms with van der Waals surface area (Å²) in [6.07, 6.45) is 0. The van der Waals surface area contributed by atoms with Gasteiger partial charge in [0, 0.05) is 20.2 Å². The van der Waals surface area contributed by atoms with E-state index < -0.39 is 0 Å². The van der Waals surface area contributed by atoms with Crippen molar-refractivity contribution in [3.8, 4) is 37.4 Å². The third-order valence-corrected chi connectivity index (χ3v) is 6.11. The molecule has 0 unspecified atom stereocenters.